The molecule has 0 saturated carbocycles. The Morgan fingerprint density at radius 3 is 2.52 bits per heavy atom. The van der Waals surface area contributed by atoms with Crippen molar-refractivity contribution in [3.8, 4) is 0 Å². The summed E-state index contributed by atoms with van der Waals surface area (Å²) in [4.78, 5) is 11.8. The molecule has 0 unspecified atom stereocenters. The summed E-state index contributed by atoms with van der Waals surface area (Å²) >= 11 is 12.0. The lowest BCUT2D eigenvalue weighted by molar-refractivity contribution is -0.120. The molecule has 23 heavy (non-hydrogen) atoms. The van der Waals surface area contributed by atoms with Crippen molar-refractivity contribution in [2.75, 3.05) is 13.1 Å². The summed E-state index contributed by atoms with van der Waals surface area (Å²) in [7, 11) is 0. The summed E-state index contributed by atoms with van der Waals surface area (Å²) in [6, 6.07) is 15.5. The minimum Gasteiger partial charge on any atom is -0.356 e. The van der Waals surface area contributed by atoms with Crippen LogP contribution in [0.1, 0.15) is 17.5 Å². The number of amides is 1. The van der Waals surface area contributed by atoms with E-state index in [1.165, 1.54) is 5.56 Å². The standard InChI is InChI=1S/C18H20Cl2N2O/c19-16-7-6-15(17(20)12-16)8-11-22-18(23)9-10-21-13-14-4-2-1-3-5-14/h1-7,12,21H,8-11,13H2,(H,22,23). The van der Waals surface area contributed by atoms with E-state index in [4.69, 9.17) is 23.2 Å². The van der Waals surface area contributed by atoms with Gasteiger partial charge in [0.25, 0.3) is 0 Å². The summed E-state index contributed by atoms with van der Waals surface area (Å²) in [5.74, 6) is 0.0376. The number of nitrogens with one attached hydrogen (secondary N) is 2. The van der Waals surface area contributed by atoms with E-state index in [2.05, 4.69) is 22.8 Å². The number of carbonyl (C=O) groups excluding carboxylic acids is 1. The monoisotopic (exact) mass is 350 g/mol. The van der Waals surface area contributed by atoms with Gasteiger partial charge in [-0.3, -0.25) is 4.79 Å². The van der Waals surface area contributed by atoms with Crippen LogP contribution in [0.2, 0.25) is 10.0 Å². The second-order valence-corrected chi connectivity index (χ2v) is 6.09. The Kier molecular flexibility index (Phi) is 7.40. The van der Waals surface area contributed by atoms with Gasteiger partial charge in [-0.05, 0) is 29.7 Å². The normalized spacial score (nSPS) is 10.5. The summed E-state index contributed by atoms with van der Waals surface area (Å²) in [6.07, 6.45) is 1.15. The molecule has 0 bridgehead atoms. The fourth-order valence-corrected chi connectivity index (χ4v) is 2.68. The molecule has 0 aromatic heterocycles. The van der Waals surface area contributed by atoms with Crippen molar-refractivity contribution in [3.63, 3.8) is 0 Å². The topological polar surface area (TPSA) is 41.1 Å². The van der Waals surface area contributed by atoms with Gasteiger partial charge in [0, 0.05) is 36.1 Å². The Morgan fingerprint density at radius 1 is 1.00 bits per heavy atom. The molecular formula is C18H20Cl2N2O. The first-order valence-electron chi connectivity index (χ1n) is 7.60. The van der Waals surface area contributed by atoms with E-state index in [0.717, 1.165) is 12.1 Å². The molecule has 0 heterocycles. The van der Waals surface area contributed by atoms with Crippen LogP contribution in [0.3, 0.4) is 0 Å². The molecule has 0 aliphatic rings. The van der Waals surface area contributed by atoms with Crippen LogP contribution < -0.4 is 10.6 Å². The third kappa shape index (κ3) is 6.61. The number of hydrogen-bond donors (Lipinski definition) is 2. The molecule has 0 aliphatic heterocycles. The maximum absolute atomic E-state index is 11.8. The molecule has 0 saturated heterocycles. The molecule has 0 spiro atoms. The van der Waals surface area contributed by atoms with Crippen molar-refractivity contribution in [1.29, 1.82) is 0 Å². The van der Waals surface area contributed by atoms with E-state index in [1.807, 2.05) is 24.3 Å². The molecule has 2 aromatic carbocycles. The van der Waals surface area contributed by atoms with Crippen molar-refractivity contribution >= 4 is 29.1 Å². The number of rotatable bonds is 8. The Morgan fingerprint density at radius 2 is 1.78 bits per heavy atom. The van der Waals surface area contributed by atoms with Gasteiger partial charge >= 0.3 is 0 Å². The highest BCUT2D eigenvalue weighted by atomic mass is 35.5. The Bertz CT molecular complexity index is 632. The van der Waals surface area contributed by atoms with E-state index in [0.29, 0.717) is 36.0 Å². The maximum Gasteiger partial charge on any atom is 0.221 e. The van der Waals surface area contributed by atoms with Crippen LogP contribution in [0, 0.1) is 0 Å². The highest BCUT2D eigenvalue weighted by molar-refractivity contribution is 6.35. The van der Waals surface area contributed by atoms with Crippen LogP contribution in [0.15, 0.2) is 48.5 Å². The third-order valence-electron chi connectivity index (χ3n) is 3.43. The first-order valence-corrected chi connectivity index (χ1v) is 8.36. The zero-order valence-corrected chi connectivity index (χ0v) is 14.3. The lowest BCUT2D eigenvalue weighted by Crippen LogP contribution is -2.29. The molecule has 2 aromatic rings. The second kappa shape index (κ2) is 9.56. The molecule has 2 N–H and O–H groups in total. The average molecular weight is 351 g/mol. The summed E-state index contributed by atoms with van der Waals surface area (Å²) < 4.78 is 0. The molecule has 122 valence electrons. The Balaban J connectivity index is 1.60. The van der Waals surface area contributed by atoms with Crippen LogP contribution in [-0.2, 0) is 17.8 Å². The smallest absolute Gasteiger partial charge is 0.221 e. The quantitative estimate of drug-likeness (QED) is 0.710. The minimum absolute atomic E-state index is 0.0376. The molecule has 3 nitrogen and oxygen atoms in total. The Hall–Kier alpha value is -1.55. The van der Waals surface area contributed by atoms with E-state index in [1.54, 1.807) is 12.1 Å². The van der Waals surface area contributed by atoms with Crippen LogP contribution in [-0.4, -0.2) is 19.0 Å². The molecule has 5 heteroatoms. The van der Waals surface area contributed by atoms with Gasteiger partial charge in [0.15, 0.2) is 0 Å². The van der Waals surface area contributed by atoms with Gasteiger partial charge in [-0.2, -0.15) is 0 Å². The lowest BCUT2D eigenvalue weighted by atomic mass is 10.1. The zero-order valence-electron chi connectivity index (χ0n) is 12.8. The predicted molar refractivity (Wildman–Crippen MR) is 95.9 cm³/mol. The van der Waals surface area contributed by atoms with E-state index in [-0.39, 0.29) is 5.91 Å². The SMILES string of the molecule is O=C(CCNCc1ccccc1)NCCc1ccc(Cl)cc1Cl. The highest BCUT2D eigenvalue weighted by Gasteiger charge is 2.04. The average Bonchev–Trinajstić information content (AvgIpc) is 2.55. The molecule has 0 fully saturated rings. The van der Waals surface area contributed by atoms with Gasteiger partial charge in [-0.15, -0.1) is 0 Å². The van der Waals surface area contributed by atoms with Gasteiger partial charge in [0.1, 0.15) is 0 Å². The number of halogens is 2. The van der Waals surface area contributed by atoms with Crippen LogP contribution in [0.5, 0.6) is 0 Å². The van der Waals surface area contributed by atoms with Crippen molar-refractivity contribution in [1.82, 2.24) is 10.6 Å². The van der Waals surface area contributed by atoms with Gasteiger partial charge in [0.05, 0.1) is 0 Å². The van der Waals surface area contributed by atoms with Crippen LogP contribution in [0.4, 0.5) is 0 Å². The molecule has 1 amide bonds. The summed E-state index contributed by atoms with van der Waals surface area (Å²) in [5.41, 5.74) is 2.20. The lowest BCUT2D eigenvalue weighted by Gasteiger charge is -2.08. The predicted octanol–water partition coefficient (Wildman–Crippen LogP) is 3.83. The third-order valence-corrected chi connectivity index (χ3v) is 4.02. The van der Waals surface area contributed by atoms with Crippen molar-refractivity contribution in [2.45, 2.75) is 19.4 Å². The molecule has 0 atom stereocenters. The van der Waals surface area contributed by atoms with Gasteiger partial charge in [-0.1, -0.05) is 59.6 Å². The minimum atomic E-state index is 0.0376. The largest absolute Gasteiger partial charge is 0.356 e. The second-order valence-electron chi connectivity index (χ2n) is 5.25. The number of carbonyl (C=O) groups is 1. The van der Waals surface area contributed by atoms with E-state index >= 15 is 0 Å². The van der Waals surface area contributed by atoms with E-state index < -0.39 is 0 Å². The van der Waals surface area contributed by atoms with Gasteiger partial charge in [0.2, 0.25) is 5.91 Å². The first-order chi connectivity index (χ1) is 11.1. The maximum atomic E-state index is 11.8. The molecule has 0 aliphatic carbocycles. The summed E-state index contributed by atoms with van der Waals surface area (Å²) in [6.45, 7) is 2.00. The highest BCUT2D eigenvalue weighted by Crippen LogP contribution is 2.20. The zero-order chi connectivity index (χ0) is 16.5. The fourth-order valence-electron chi connectivity index (χ4n) is 2.18. The number of benzene rings is 2. The molecule has 2 rings (SSSR count). The van der Waals surface area contributed by atoms with E-state index in [9.17, 15) is 4.79 Å². The summed E-state index contributed by atoms with van der Waals surface area (Å²) in [5, 5.41) is 7.41. The van der Waals surface area contributed by atoms with Crippen molar-refractivity contribution < 1.29 is 4.79 Å². The van der Waals surface area contributed by atoms with Crippen LogP contribution >= 0.6 is 23.2 Å². The Labute approximate surface area is 147 Å². The van der Waals surface area contributed by atoms with Gasteiger partial charge in [-0.25, -0.2) is 0 Å². The molecule has 0 radical (unpaired) electrons. The molecular weight excluding hydrogens is 331 g/mol. The first kappa shape index (κ1) is 17.8. The van der Waals surface area contributed by atoms with Crippen LogP contribution in [0.25, 0.3) is 0 Å². The van der Waals surface area contributed by atoms with Gasteiger partial charge < -0.3 is 10.6 Å². The fraction of sp³-hybridized carbons (Fsp3) is 0.278. The van der Waals surface area contributed by atoms with Crippen molar-refractivity contribution in [2.24, 2.45) is 0 Å². The number of hydrogen-bond acceptors (Lipinski definition) is 2. The van der Waals surface area contributed by atoms with Crippen molar-refractivity contribution in [3.05, 3.63) is 69.7 Å².